The van der Waals surface area contributed by atoms with E-state index in [0.717, 1.165) is 24.3 Å². The highest BCUT2D eigenvalue weighted by Gasteiger charge is 2.14. The van der Waals surface area contributed by atoms with Crippen LogP contribution in [0.15, 0.2) is 18.2 Å². The third-order valence-electron chi connectivity index (χ3n) is 3.09. The lowest BCUT2D eigenvalue weighted by Gasteiger charge is -2.15. The smallest absolute Gasteiger partial charge is 0.226 e. The molecule has 1 aliphatic rings. The van der Waals surface area contributed by atoms with Crippen molar-refractivity contribution in [2.75, 3.05) is 20.2 Å². The Bertz CT molecular complexity index is 491. The van der Waals surface area contributed by atoms with Crippen LogP contribution >= 0.6 is 0 Å². The Morgan fingerprint density at radius 2 is 2.39 bits per heavy atom. The van der Waals surface area contributed by atoms with Crippen molar-refractivity contribution in [2.45, 2.75) is 19.3 Å². The minimum Gasteiger partial charge on any atom is -0.493 e. The van der Waals surface area contributed by atoms with E-state index < -0.39 is 0 Å². The molecule has 1 aromatic rings. The first-order valence-electron chi connectivity index (χ1n) is 6.06. The van der Waals surface area contributed by atoms with Gasteiger partial charge < -0.3 is 9.64 Å². The third kappa shape index (κ3) is 2.80. The van der Waals surface area contributed by atoms with E-state index in [1.165, 1.54) is 5.56 Å². The summed E-state index contributed by atoms with van der Waals surface area (Å²) in [6.07, 6.45) is 1.68. The highest BCUT2D eigenvalue weighted by atomic mass is 16.5. The molecule has 94 valence electrons. The Kier molecular flexibility index (Phi) is 3.83. The number of hydrogen-bond donors (Lipinski definition) is 0. The van der Waals surface area contributed by atoms with Crippen LogP contribution in [0.3, 0.4) is 0 Å². The minimum atomic E-state index is 0.0455. The normalized spacial score (nSPS) is 12.4. The molecule has 0 aromatic heterocycles. The Morgan fingerprint density at radius 3 is 3.17 bits per heavy atom. The third-order valence-corrected chi connectivity index (χ3v) is 3.09. The van der Waals surface area contributed by atoms with E-state index in [-0.39, 0.29) is 5.91 Å². The van der Waals surface area contributed by atoms with Crippen LogP contribution in [0, 0.1) is 11.3 Å². The summed E-state index contributed by atoms with van der Waals surface area (Å²) in [5.74, 6) is 0.980. The Morgan fingerprint density at radius 1 is 1.56 bits per heavy atom. The Hall–Kier alpha value is -2.02. The average molecular weight is 244 g/mol. The second-order valence-electron chi connectivity index (χ2n) is 4.44. The van der Waals surface area contributed by atoms with Crippen LogP contribution in [0.4, 0.5) is 0 Å². The zero-order valence-electron chi connectivity index (χ0n) is 10.5. The molecule has 0 aliphatic carbocycles. The van der Waals surface area contributed by atoms with Gasteiger partial charge in [0.1, 0.15) is 5.75 Å². The highest BCUT2D eigenvalue weighted by Crippen LogP contribution is 2.26. The van der Waals surface area contributed by atoms with Gasteiger partial charge in [0.25, 0.3) is 0 Å². The Balaban J connectivity index is 1.97. The largest absolute Gasteiger partial charge is 0.493 e. The fourth-order valence-electron chi connectivity index (χ4n) is 2.00. The van der Waals surface area contributed by atoms with E-state index >= 15 is 0 Å². The maximum Gasteiger partial charge on any atom is 0.226 e. The fraction of sp³-hybridized carbons (Fsp3) is 0.429. The van der Waals surface area contributed by atoms with Crippen molar-refractivity contribution < 1.29 is 9.53 Å². The molecule has 0 bridgehead atoms. The van der Waals surface area contributed by atoms with E-state index in [4.69, 9.17) is 10.00 Å². The van der Waals surface area contributed by atoms with E-state index in [1.807, 2.05) is 24.3 Å². The molecule has 18 heavy (non-hydrogen) atoms. The van der Waals surface area contributed by atoms with Gasteiger partial charge in [0.15, 0.2) is 0 Å². The number of amides is 1. The van der Waals surface area contributed by atoms with Crippen LogP contribution in [0.1, 0.15) is 17.5 Å². The lowest BCUT2D eigenvalue weighted by Crippen LogP contribution is -2.29. The summed E-state index contributed by atoms with van der Waals surface area (Å²) in [7, 11) is 1.73. The SMILES string of the molecule is CN(CCC#N)C(=O)Cc1ccc2c(c1)CCO2. The molecule has 1 aromatic carbocycles. The lowest BCUT2D eigenvalue weighted by atomic mass is 10.1. The number of carbonyl (C=O) groups excluding carboxylic acids is 1. The number of ether oxygens (including phenoxy) is 1. The topological polar surface area (TPSA) is 53.3 Å². The number of nitrogens with zero attached hydrogens (tertiary/aromatic N) is 2. The van der Waals surface area contributed by atoms with E-state index in [9.17, 15) is 4.79 Å². The second-order valence-corrected chi connectivity index (χ2v) is 4.44. The lowest BCUT2D eigenvalue weighted by molar-refractivity contribution is -0.129. The number of fused-ring (bicyclic) bond motifs is 1. The molecule has 1 amide bonds. The van der Waals surface area contributed by atoms with Crippen molar-refractivity contribution in [1.29, 1.82) is 5.26 Å². The van der Waals surface area contributed by atoms with Crippen LogP contribution in [0.25, 0.3) is 0 Å². The number of carbonyl (C=O) groups is 1. The molecule has 0 atom stereocenters. The summed E-state index contributed by atoms with van der Waals surface area (Å²) in [5.41, 5.74) is 2.19. The molecule has 0 saturated heterocycles. The molecule has 0 N–H and O–H groups in total. The van der Waals surface area contributed by atoms with Crippen molar-refractivity contribution in [3.05, 3.63) is 29.3 Å². The van der Waals surface area contributed by atoms with Gasteiger partial charge in [-0.25, -0.2) is 0 Å². The molecule has 4 heteroatoms. The van der Waals surface area contributed by atoms with Crippen molar-refractivity contribution in [1.82, 2.24) is 4.90 Å². The molecule has 0 spiro atoms. The summed E-state index contributed by atoms with van der Waals surface area (Å²) in [5, 5.41) is 8.49. The van der Waals surface area contributed by atoms with Crippen LogP contribution in [0.5, 0.6) is 5.75 Å². The van der Waals surface area contributed by atoms with Gasteiger partial charge in [0, 0.05) is 20.0 Å². The molecule has 0 unspecified atom stereocenters. The highest BCUT2D eigenvalue weighted by molar-refractivity contribution is 5.78. The van der Waals surface area contributed by atoms with Gasteiger partial charge in [-0.05, 0) is 17.2 Å². The van der Waals surface area contributed by atoms with Crippen LogP contribution < -0.4 is 4.74 Å². The molecule has 2 rings (SSSR count). The first-order chi connectivity index (χ1) is 8.70. The van der Waals surface area contributed by atoms with Crippen LogP contribution in [-0.4, -0.2) is 31.0 Å². The van der Waals surface area contributed by atoms with Crippen molar-refractivity contribution in [2.24, 2.45) is 0 Å². The van der Waals surface area contributed by atoms with Gasteiger partial charge in [-0.2, -0.15) is 5.26 Å². The average Bonchev–Trinajstić information content (AvgIpc) is 2.83. The quantitative estimate of drug-likeness (QED) is 0.807. The van der Waals surface area contributed by atoms with Crippen molar-refractivity contribution in [3.63, 3.8) is 0 Å². The van der Waals surface area contributed by atoms with Gasteiger partial charge >= 0.3 is 0 Å². The van der Waals surface area contributed by atoms with Gasteiger partial charge in [0.2, 0.25) is 5.91 Å². The summed E-state index contributed by atoms with van der Waals surface area (Å²) in [4.78, 5) is 13.5. The zero-order valence-corrected chi connectivity index (χ0v) is 10.5. The summed E-state index contributed by atoms with van der Waals surface area (Å²) in [6, 6.07) is 7.94. The molecule has 4 nitrogen and oxygen atoms in total. The molecule has 1 aliphatic heterocycles. The molecule has 0 fully saturated rings. The predicted octanol–water partition coefficient (Wildman–Crippen LogP) is 1.54. The summed E-state index contributed by atoms with van der Waals surface area (Å²) < 4.78 is 5.43. The van der Waals surface area contributed by atoms with Gasteiger partial charge in [0.05, 0.1) is 25.5 Å². The molecular weight excluding hydrogens is 228 g/mol. The van der Waals surface area contributed by atoms with E-state index in [2.05, 4.69) is 0 Å². The molecule has 0 radical (unpaired) electrons. The maximum atomic E-state index is 11.9. The van der Waals surface area contributed by atoms with E-state index in [0.29, 0.717) is 19.4 Å². The minimum absolute atomic E-state index is 0.0455. The predicted molar refractivity (Wildman–Crippen MR) is 67.2 cm³/mol. The molecule has 0 saturated carbocycles. The Labute approximate surface area is 107 Å². The van der Waals surface area contributed by atoms with Crippen LogP contribution in [0.2, 0.25) is 0 Å². The standard InChI is InChI=1S/C14H16N2O2/c1-16(7-2-6-15)14(17)10-11-3-4-13-12(9-11)5-8-18-13/h3-4,9H,2,5,7-8,10H2,1H3. The summed E-state index contributed by atoms with van der Waals surface area (Å²) >= 11 is 0. The van der Waals surface area contributed by atoms with Crippen molar-refractivity contribution >= 4 is 5.91 Å². The van der Waals surface area contributed by atoms with Crippen molar-refractivity contribution in [3.8, 4) is 11.8 Å². The zero-order chi connectivity index (χ0) is 13.0. The molecular formula is C14H16N2O2. The number of nitriles is 1. The number of hydrogen-bond acceptors (Lipinski definition) is 3. The van der Waals surface area contributed by atoms with Gasteiger partial charge in [-0.3, -0.25) is 4.79 Å². The van der Waals surface area contributed by atoms with E-state index in [1.54, 1.807) is 11.9 Å². The first-order valence-corrected chi connectivity index (χ1v) is 6.06. The number of likely N-dealkylation sites (N-methyl/N-ethyl adjacent to an activating group) is 1. The van der Waals surface area contributed by atoms with Crippen LogP contribution in [-0.2, 0) is 17.6 Å². The van der Waals surface area contributed by atoms with Gasteiger partial charge in [-0.15, -0.1) is 0 Å². The van der Waals surface area contributed by atoms with Gasteiger partial charge in [-0.1, -0.05) is 12.1 Å². The maximum absolute atomic E-state index is 11.9. The first kappa shape index (κ1) is 12.4. The monoisotopic (exact) mass is 244 g/mol. The fourth-order valence-corrected chi connectivity index (χ4v) is 2.00. The summed E-state index contributed by atoms with van der Waals surface area (Å²) in [6.45, 7) is 1.22. The number of rotatable bonds is 4. The number of benzene rings is 1. The molecule has 1 heterocycles. The second kappa shape index (κ2) is 5.54.